The molecule has 0 radical (unpaired) electrons. The van der Waals surface area contributed by atoms with E-state index in [1.54, 1.807) is 12.1 Å². The molecule has 4 rings (SSSR count). The van der Waals surface area contributed by atoms with Crippen LogP contribution in [0.15, 0.2) is 24.4 Å². The van der Waals surface area contributed by atoms with Gasteiger partial charge in [-0.05, 0) is 73.6 Å². The van der Waals surface area contributed by atoms with Crippen LogP contribution >= 0.6 is 0 Å². The molecule has 2 aliphatic rings. The van der Waals surface area contributed by atoms with Crippen molar-refractivity contribution in [1.82, 2.24) is 19.8 Å². The Labute approximate surface area is 240 Å². The van der Waals surface area contributed by atoms with Gasteiger partial charge in [0.05, 0.1) is 19.4 Å². The van der Waals surface area contributed by atoms with E-state index in [9.17, 15) is 13.2 Å². The minimum Gasteiger partial charge on any atom is -0.483 e. The Balaban J connectivity index is 1.49. The first-order valence-electron chi connectivity index (χ1n) is 14.0. The average Bonchev–Trinajstić information content (AvgIpc) is 2.86. The Morgan fingerprint density at radius 3 is 2.39 bits per heavy atom. The quantitative estimate of drug-likeness (QED) is 0.378. The molecule has 3 heterocycles. The van der Waals surface area contributed by atoms with Crippen molar-refractivity contribution in [2.75, 3.05) is 50.5 Å². The highest BCUT2D eigenvalue weighted by molar-refractivity contribution is 5.60. The zero-order valence-corrected chi connectivity index (χ0v) is 25.1. The molecule has 9 nitrogen and oxygen atoms in total. The number of piperidine rings is 1. The summed E-state index contributed by atoms with van der Waals surface area (Å²) in [4.78, 5) is 13.0. The number of alkyl halides is 2. The van der Waals surface area contributed by atoms with Crippen molar-refractivity contribution >= 4 is 17.5 Å². The van der Waals surface area contributed by atoms with Crippen LogP contribution in [0.25, 0.3) is 0 Å². The van der Waals surface area contributed by atoms with Gasteiger partial charge < -0.3 is 24.8 Å². The molecule has 12 heteroatoms. The molecule has 228 valence electrons. The molecule has 1 aromatic heterocycles. The number of nitrogens with zero attached hydrogens (tertiary/aromatic N) is 4. The van der Waals surface area contributed by atoms with E-state index in [0.29, 0.717) is 25.4 Å². The fourth-order valence-corrected chi connectivity index (χ4v) is 5.81. The van der Waals surface area contributed by atoms with Crippen molar-refractivity contribution in [3.05, 3.63) is 30.2 Å². The molecule has 41 heavy (non-hydrogen) atoms. The van der Waals surface area contributed by atoms with Crippen LogP contribution in [0.5, 0.6) is 11.5 Å². The fourth-order valence-electron chi connectivity index (χ4n) is 5.81. The van der Waals surface area contributed by atoms with Crippen molar-refractivity contribution in [2.45, 2.75) is 83.7 Å². The van der Waals surface area contributed by atoms with Crippen molar-refractivity contribution in [1.29, 1.82) is 0 Å². The Hall–Kier alpha value is -2.83. The number of morpholine rings is 1. The summed E-state index contributed by atoms with van der Waals surface area (Å²) in [6.45, 7) is 12.9. The van der Waals surface area contributed by atoms with Crippen LogP contribution < -0.4 is 20.1 Å². The van der Waals surface area contributed by atoms with Gasteiger partial charge in [-0.3, -0.25) is 9.80 Å². The van der Waals surface area contributed by atoms with Gasteiger partial charge in [0, 0.05) is 48.5 Å². The van der Waals surface area contributed by atoms with Crippen LogP contribution in [-0.4, -0.2) is 89.0 Å². The van der Waals surface area contributed by atoms with Gasteiger partial charge in [-0.15, -0.1) is 0 Å². The van der Waals surface area contributed by atoms with Crippen molar-refractivity contribution in [2.24, 2.45) is 0 Å². The van der Waals surface area contributed by atoms with Crippen LogP contribution in [0.1, 0.15) is 54.4 Å². The summed E-state index contributed by atoms with van der Waals surface area (Å²) in [6, 6.07) is 4.61. The summed E-state index contributed by atoms with van der Waals surface area (Å²) >= 11 is 0. The van der Waals surface area contributed by atoms with Gasteiger partial charge in [0.25, 0.3) is 0 Å². The third-order valence-electron chi connectivity index (χ3n) is 7.90. The van der Waals surface area contributed by atoms with Crippen LogP contribution in [0, 0.1) is 5.82 Å². The van der Waals surface area contributed by atoms with E-state index >= 15 is 0 Å². The molecule has 0 bridgehead atoms. The zero-order valence-electron chi connectivity index (χ0n) is 25.1. The predicted octanol–water partition coefficient (Wildman–Crippen LogP) is 5.51. The van der Waals surface area contributed by atoms with E-state index in [4.69, 9.17) is 14.2 Å². The summed E-state index contributed by atoms with van der Waals surface area (Å²) in [6.07, 6.45) is 2.69. The fraction of sp³-hybridized carbons (Fsp3) is 0.655. The molecule has 2 N–H and O–H groups in total. The standard InChI is InChI=1S/C29H43F3N6O3/c1-27(2)15-20(16-28(3,4)37(27)7)34-24-21(30)17-33-26(36-24)35-19-8-9-22(23(14-19)40-25(31)32)41-29(5,6)18-38-10-12-39-13-11-38/h8-9,14,17,20,25H,10-13,15-16,18H2,1-7H3,(H2,33,34,35,36). The first kappa shape index (κ1) is 31.1. The number of benzene rings is 1. The van der Waals surface area contributed by atoms with Gasteiger partial charge in [-0.1, -0.05) is 0 Å². The lowest BCUT2D eigenvalue weighted by molar-refractivity contribution is -0.0546. The molecule has 2 aliphatic heterocycles. The molecule has 2 fully saturated rings. The number of nitrogens with one attached hydrogen (secondary N) is 2. The third kappa shape index (κ3) is 8.14. The summed E-state index contributed by atoms with van der Waals surface area (Å²) in [7, 11) is 2.11. The SMILES string of the molecule is CN1C(C)(C)CC(Nc2nc(Nc3ccc(OC(C)(C)CN4CCOCC4)c(OC(F)F)c3)ncc2F)CC1(C)C. The van der Waals surface area contributed by atoms with E-state index < -0.39 is 18.0 Å². The zero-order chi connectivity index (χ0) is 30.0. The largest absolute Gasteiger partial charge is 0.483 e. The number of aromatic nitrogens is 2. The molecule has 0 saturated carbocycles. The highest BCUT2D eigenvalue weighted by Gasteiger charge is 2.43. The van der Waals surface area contributed by atoms with E-state index in [0.717, 1.165) is 32.1 Å². The number of rotatable bonds is 10. The monoisotopic (exact) mass is 580 g/mol. The molecule has 0 spiro atoms. The molecule has 0 atom stereocenters. The molecule has 1 aromatic carbocycles. The second-order valence-electron chi connectivity index (χ2n) is 12.7. The number of hydrogen-bond acceptors (Lipinski definition) is 9. The number of hydrogen-bond donors (Lipinski definition) is 2. The number of anilines is 3. The second-order valence-corrected chi connectivity index (χ2v) is 12.7. The van der Waals surface area contributed by atoms with Gasteiger partial charge in [-0.25, -0.2) is 9.37 Å². The number of likely N-dealkylation sites (tertiary alicyclic amines) is 1. The van der Waals surface area contributed by atoms with E-state index in [1.807, 2.05) is 13.8 Å². The lowest BCUT2D eigenvalue weighted by Crippen LogP contribution is -2.61. The lowest BCUT2D eigenvalue weighted by Gasteiger charge is -2.53. The van der Waals surface area contributed by atoms with Crippen molar-refractivity contribution in [3.8, 4) is 11.5 Å². The highest BCUT2D eigenvalue weighted by atomic mass is 19.3. The average molecular weight is 581 g/mol. The van der Waals surface area contributed by atoms with Gasteiger partial charge in [-0.2, -0.15) is 13.8 Å². The summed E-state index contributed by atoms with van der Waals surface area (Å²) < 4.78 is 57.7. The van der Waals surface area contributed by atoms with E-state index in [1.165, 1.54) is 6.07 Å². The van der Waals surface area contributed by atoms with Crippen molar-refractivity contribution < 1.29 is 27.4 Å². The Morgan fingerprint density at radius 2 is 1.76 bits per heavy atom. The maximum absolute atomic E-state index is 14.8. The number of ether oxygens (including phenoxy) is 3. The third-order valence-corrected chi connectivity index (χ3v) is 7.90. The molecule has 0 unspecified atom stereocenters. The smallest absolute Gasteiger partial charge is 0.387 e. The molecular formula is C29H43F3N6O3. The Kier molecular flexibility index (Phi) is 9.25. The van der Waals surface area contributed by atoms with Gasteiger partial charge in [0.15, 0.2) is 23.1 Å². The topological polar surface area (TPSA) is 84.0 Å². The van der Waals surface area contributed by atoms with Gasteiger partial charge >= 0.3 is 6.61 Å². The molecule has 0 amide bonds. The summed E-state index contributed by atoms with van der Waals surface area (Å²) in [5.74, 6) is -0.319. The van der Waals surface area contributed by atoms with Gasteiger partial charge in [0.2, 0.25) is 5.95 Å². The second kappa shape index (κ2) is 12.2. The molecule has 2 saturated heterocycles. The van der Waals surface area contributed by atoms with Crippen LogP contribution in [0.4, 0.5) is 30.6 Å². The Bertz CT molecular complexity index is 1170. The van der Waals surface area contributed by atoms with Gasteiger partial charge in [0.1, 0.15) is 5.60 Å². The van der Waals surface area contributed by atoms with Crippen LogP contribution in [0.2, 0.25) is 0 Å². The molecular weight excluding hydrogens is 537 g/mol. The van der Waals surface area contributed by atoms with Crippen molar-refractivity contribution in [3.63, 3.8) is 0 Å². The highest BCUT2D eigenvalue weighted by Crippen LogP contribution is 2.38. The first-order chi connectivity index (χ1) is 19.1. The maximum Gasteiger partial charge on any atom is 0.387 e. The minimum atomic E-state index is -3.05. The van der Waals surface area contributed by atoms with Crippen LogP contribution in [0.3, 0.4) is 0 Å². The summed E-state index contributed by atoms with van der Waals surface area (Å²) in [5, 5.41) is 6.24. The Morgan fingerprint density at radius 1 is 1.10 bits per heavy atom. The van der Waals surface area contributed by atoms with E-state index in [2.05, 4.69) is 65.1 Å². The summed E-state index contributed by atoms with van der Waals surface area (Å²) in [5.41, 5.74) is -0.472. The predicted molar refractivity (Wildman–Crippen MR) is 153 cm³/mol. The van der Waals surface area contributed by atoms with Crippen LogP contribution in [-0.2, 0) is 4.74 Å². The molecule has 0 aliphatic carbocycles. The van der Waals surface area contributed by atoms with E-state index in [-0.39, 0.29) is 40.4 Å². The normalized spacial score (nSPS) is 20.2. The maximum atomic E-state index is 14.8. The lowest BCUT2D eigenvalue weighted by atomic mass is 9.77. The molecule has 2 aromatic rings. The minimum absolute atomic E-state index is 0.00302. The first-order valence-corrected chi connectivity index (χ1v) is 14.0. The number of halogens is 3.